The standard InChI is InChI=1S/C13H16N2O5S/c1-13(2)9(10(13)12(17)18)11(16)15-7-3-5-8(6-4-7)21(14,19)20/h3-6,9-10H,1-2H3,(H,15,16)(H,17,18)(H2,14,19,20). The third-order valence-corrected chi connectivity index (χ3v) is 4.76. The predicted octanol–water partition coefficient (Wildman–Crippen LogP) is 0.629. The lowest BCUT2D eigenvalue weighted by molar-refractivity contribution is -0.140. The number of amides is 1. The number of benzene rings is 1. The van der Waals surface area contributed by atoms with E-state index >= 15 is 0 Å². The Kier molecular flexibility index (Phi) is 3.54. The molecule has 7 nitrogen and oxygen atoms in total. The van der Waals surface area contributed by atoms with Gasteiger partial charge in [0, 0.05) is 5.69 Å². The van der Waals surface area contributed by atoms with Gasteiger partial charge in [0.05, 0.1) is 16.7 Å². The number of aliphatic carboxylic acids is 1. The Bertz CT molecular complexity index is 694. The van der Waals surface area contributed by atoms with Gasteiger partial charge in [0.2, 0.25) is 15.9 Å². The molecule has 2 rings (SSSR count). The third kappa shape index (κ3) is 2.91. The summed E-state index contributed by atoms with van der Waals surface area (Å²) in [5.74, 6) is -2.70. The van der Waals surface area contributed by atoms with E-state index in [0.29, 0.717) is 5.69 Å². The van der Waals surface area contributed by atoms with Crippen LogP contribution in [-0.2, 0) is 19.6 Å². The van der Waals surface area contributed by atoms with Crippen molar-refractivity contribution in [1.29, 1.82) is 0 Å². The summed E-state index contributed by atoms with van der Waals surface area (Å²) in [4.78, 5) is 23.0. The third-order valence-electron chi connectivity index (χ3n) is 3.83. The van der Waals surface area contributed by atoms with Gasteiger partial charge in [-0.3, -0.25) is 9.59 Å². The first kappa shape index (κ1) is 15.5. The Morgan fingerprint density at radius 3 is 2.10 bits per heavy atom. The molecule has 114 valence electrons. The Balaban J connectivity index is 2.10. The maximum atomic E-state index is 12.1. The highest BCUT2D eigenvalue weighted by atomic mass is 32.2. The van der Waals surface area contributed by atoms with E-state index in [9.17, 15) is 18.0 Å². The van der Waals surface area contributed by atoms with Gasteiger partial charge >= 0.3 is 5.97 Å². The molecule has 1 saturated carbocycles. The lowest BCUT2D eigenvalue weighted by Crippen LogP contribution is -2.18. The number of carbonyl (C=O) groups excluding carboxylic acids is 1. The summed E-state index contributed by atoms with van der Waals surface area (Å²) >= 11 is 0. The van der Waals surface area contributed by atoms with Crippen LogP contribution in [0.1, 0.15) is 13.8 Å². The Morgan fingerprint density at radius 2 is 1.71 bits per heavy atom. The monoisotopic (exact) mass is 312 g/mol. The SMILES string of the molecule is CC1(C)C(C(=O)O)C1C(=O)Nc1ccc(S(N)(=O)=O)cc1. The van der Waals surface area contributed by atoms with Gasteiger partial charge in [0.1, 0.15) is 0 Å². The van der Waals surface area contributed by atoms with Crippen LogP contribution in [0, 0.1) is 17.3 Å². The van der Waals surface area contributed by atoms with Crippen LogP contribution in [0.4, 0.5) is 5.69 Å². The molecule has 1 amide bonds. The average molecular weight is 312 g/mol. The van der Waals surface area contributed by atoms with E-state index < -0.39 is 39.2 Å². The van der Waals surface area contributed by atoms with E-state index in [2.05, 4.69) is 5.32 Å². The molecule has 2 atom stereocenters. The number of hydrogen-bond donors (Lipinski definition) is 3. The zero-order valence-electron chi connectivity index (χ0n) is 11.5. The summed E-state index contributed by atoms with van der Waals surface area (Å²) in [6.07, 6.45) is 0. The van der Waals surface area contributed by atoms with Gasteiger partial charge in [0.15, 0.2) is 0 Å². The number of hydrogen-bond acceptors (Lipinski definition) is 4. The molecule has 1 aromatic carbocycles. The van der Waals surface area contributed by atoms with Crippen LogP contribution in [0.2, 0.25) is 0 Å². The van der Waals surface area contributed by atoms with Crippen molar-refractivity contribution in [3.63, 3.8) is 0 Å². The average Bonchev–Trinajstić information content (AvgIpc) is 2.92. The fraction of sp³-hybridized carbons (Fsp3) is 0.385. The van der Waals surface area contributed by atoms with E-state index in [1.54, 1.807) is 13.8 Å². The second kappa shape index (κ2) is 4.81. The highest BCUT2D eigenvalue weighted by molar-refractivity contribution is 7.89. The number of sulfonamides is 1. The van der Waals surface area contributed by atoms with Crippen molar-refractivity contribution >= 4 is 27.6 Å². The summed E-state index contributed by atoms with van der Waals surface area (Å²) < 4.78 is 22.2. The van der Waals surface area contributed by atoms with Gasteiger partial charge in [-0.2, -0.15) is 0 Å². The van der Waals surface area contributed by atoms with E-state index in [1.165, 1.54) is 24.3 Å². The van der Waals surface area contributed by atoms with Crippen molar-refractivity contribution in [2.75, 3.05) is 5.32 Å². The Labute approximate surface area is 122 Å². The van der Waals surface area contributed by atoms with Crippen molar-refractivity contribution in [1.82, 2.24) is 0 Å². The summed E-state index contributed by atoms with van der Waals surface area (Å²) in [7, 11) is -3.78. The van der Waals surface area contributed by atoms with Crippen molar-refractivity contribution in [3.8, 4) is 0 Å². The van der Waals surface area contributed by atoms with Crippen LogP contribution in [-0.4, -0.2) is 25.4 Å². The minimum absolute atomic E-state index is 0.0596. The first-order valence-electron chi connectivity index (χ1n) is 6.21. The molecule has 0 radical (unpaired) electrons. The maximum absolute atomic E-state index is 12.1. The lowest BCUT2D eigenvalue weighted by Gasteiger charge is -2.06. The van der Waals surface area contributed by atoms with Gasteiger partial charge in [-0.05, 0) is 29.7 Å². The number of primary sulfonamides is 1. The van der Waals surface area contributed by atoms with E-state index in [1.807, 2.05) is 0 Å². The zero-order chi connectivity index (χ0) is 16.0. The maximum Gasteiger partial charge on any atom is 0.307 e. The summed E-state index contributed by atoms with van der Waals surface area (Å²) in [6.45, 7) is 3.44. The van der Waals surface area contributed by atoms with Crippen LogP contribution in [0.5, 0.6) is 0 Å². The number of rotatable bonds is 4. The first-order valence-corrected chi connectivity index (χ1v) is 7.76. The van der Waals surface area contributed by atoms with Crippen molar-refractivity contribution in [3.05, 3.63) is 24.3 Å². The molecule has 0 aromatic heterocycles. The van der Waals surface area contributed by atoms with Crippen LogP contribution in [0.25, 0.3) is 0 Å². The van der Waals surface area contributed by atoms with E-state index in [4.69, 9.17) is 10.2 Å². The van der Waals surface area contributed by atoms with Crippen LogP contribution >= 0.6 is 0 Å². The summed E-state index contributed by atoms with van der Waals surface area (Å²) in [5.41, 5.74) is -0.199. The molecule has 4 N–H and O–H groups in total. The van der Waals surface area contributed by atoms with Gasteiger partial charge in [-0.1, -0.05) is 13.8 Å². The normalized spacial score (nSPS) is 23.4. The number of carbonyl (C=O) groups is 2. The smallest absolute Gasteiger partial charge is 0.307 e. The molecule has 0 aliphatic heterocycles. The second-order valence-corrected chi connectivity index (χ2v) is 7.24. The summed E-state index contributed by atoms with van der Waals surface area (Å²) in [6, 6.07) is 5.36. The molecule has 1 aromatic rings. The first-order chi connectivity index (χ1) is 9.55. The van der Waals surface area contributed by atoms with Crippen molar-refractivity contribution in [2.24, 2.45) is 22.4 Å². The van der Waals surface area contributed by atoms with Gasteiger partial charge in [0.25, 0.3) is 0 Å². The van der Waals surface area contributed by atoms with Crippen LogP contribution in [0.3, 0.4) is 0 Å². The molecule has 1 aliphatic rings. The van der Waals surface area contributed by atoms with E-state index in [-0.39, 0.29) is 4.90 Å². The second-order valence-electron chi connectivity index (χ2n) is 5.67. The predicted molar refractivity (Wildman–Crippen MR) is 74.8 cm³/mol. The van der Waals surface area contributed by atoms with Crippen molar-refractivity contribution < 1.29 is 23.1 Å². The van der Waals surface area contributed by atoms with Crippen LogP contribution < -0.4 is 10.5 Å². The quantitative estimate of drug-likeness (QED) is 0.751. The minimum atomic E-state index is -3.78. The van der Waals surface area contributed by atoms with Crippen LogP contribution in [0.15, 0.2) is 29.2 Å². The minimum Gasteiger partial charge on any atom is -0.481 e. The number of nitrogens with two attached hydrogens (primary N) is 1. The number of carboxylic acids is 1. The zero-order valence-corrected chi connectivity index (χ0v) is 12.3. The summed E-state index contributed by atoms with van der Waals surface area (Å²) in [5, 5.41) is 16.6. The molecule has 0 bridgehead atoms. The number of carboxylic acid groups (broad SMARTS) is 1. The molecule has 0 saturated heterocycles. The van der Waals surface area contributed by atoms with Gasteiger partial charge in [-0.25, -0.2) is 13.6 Å². The molecule has 0 spiro atoms. The largest absolute Gasteiger partial charge is 0.481 e. The van der Waals surface area contributed by atoms with E-state index in [0.717, 1.165) is 0 Å². The Hall–Kier alpha value is -1.93. The fourth-order valence-electron chi connectivity index (χ4n) is 2.54. The number of nitrogens with one attached hydrogen (secondary N) is 1. The molecule has 8 heteroatoms. The van der Waals surface area contributed by atoms with Gasteiger partial charge in [-0.15, -0.1) is 0 Å². The Morgan fingerprint density at radius 1 is 1.19 bits per heavy atom. The molecule has 21 heavy (non-hydrogen) atoms. The molecular weight excluding hydrogens is 296 g/mol. The molecule has 0 heterocycles. The molecule has 1 aliphatic carbocycles. The van der Waals surface area contributed by atoms with Gasteiger partial charge < -0.3 is 10.4 Å². The molecular formula is C13H16N2O5S. The van der Waals surface area contributed by atoms with Crippen molar-refractivity contribution in [2.45, 2.75) is 18.7 Å². The fourth-order valence-corrected chi connectivity index (χ4v) is 3.05. The molecule has 1 fully saturated rings. The highest BCUT2D eigenvalue weighted by Crippen LogP contribution is 2.58. The lowest BCUT2D eigenvalue weighted by atomic mass is 10.1. The highest BCUT2D eigenvalue weighted by Gasteiger charge is 2.65. The number of anilines is 1. The molecule has 2 unspecified atom stereocenters. The topological polar surface area (TPSA) is 127 Å².